The van der Waals surface area contributed by atoms with Crippen LogP contribution < -0.4 is 18.9 Å². The van der Waals surface area contributed by atoms with E-state index < -0.39 is 11.9 Å². The number of carbonyl (C=O) groups excluding carboxylic acids is 4. The molecule has 2 saturated heterocycles. The Balaban J connectivity index is 0.691. The predicted octanol–water partition coefficient (Wildman–Crippen LogP) is 13.3. The predicted molar refractivity (Wildman–Crippen MR) is 391 cm³/mol. The molecule has 2 aromatic heterocycles. The highest BCUT2D eigenvalue weighted by Gasteiger charge is 2.45. The first kappa shape index (κ1) is 79.5. The number of nitrogens with zero attached hydrogens (tertiary/aromatic N) is 8. The fraction of sp³-hybridized carbons (Fsp3) is 0.605. The molecule has 0 amide bonds. The van der Waals surface area contributed by atoms with Gasteiger partial charge in [0.2, 0.25) is 0 Å². The lowest BCUT2D eigenvalue weighted by atomic mass is 9.88. The number of esters is 2. The van der Waals surface area contributed by atoms with E-state index in [1.54, 1.807) is 9.36 Å². The number of Topliss-reactive ketones (excluding diaryl/α,β-unsaturated/α-hetero) is 2. The Morgan fingerprint density at radius 3 is 1.29 bits per heavy atom. The van der Waals surface area contributed by atoms with Crippen molar-refractivity contribution in [1.29, 1.82) is 0 Å². The highest BCUT2D eigenvalue weighted by atomic mass is 16.6. The van der Waals surface area contributed by atoms with E-state index in [9.17, 15) is 19.2 Å². The summed E-state index contributed by atoms with van der Waals surface area (Å²) in [5.74, 6) is 1.78. The quantitative estimate of drug-likeness (QED) is 0.0151. The number of rotatable bonds is 44. The van der Waals surface area contributed by atoms with E-state index in [4.69, 9.17) is 37.9 Å². The number of unbranched alkanes of at least 4 members (excludes halogenated alkanes) is 2. The fourth-order valence-corrected chi connectivity index (χ4v) is 15.0. The largest absolute Gasteiger partial charge is 0.490 e. The third-order valence-electron chi connectivity index (χ3n) is 20.2. The van der Waals surface area contributed by atoms with Crippen LogP contribution in [0.1, 0.15) is 186 Å². The molecular weight excluding hydrogens is 1280 g/mol. The van der Waals surface area contributed by atoms with Crippen LogP contribution in [0.4, 0.5) is 0 Å². The average Bonchev–Trinajstić information content (AvgIpc) is 1.48. The first-order valence-electron chi connectivity index (χ1n) is 37.5. The van der Waals surface area contributed by atoms with Gasteiger partial charge in [0.05, 0.1) is 117 Å². The molecule has 0 radical (unpaired) electrons. The summed E-state index contributed by atoms with van der Waals surface area (Å²) in [6.07, 6.45) is 17.7. The van der Waals surface area contributed by atoms with E-state index in [0.717, 1.165) is 144 Å². The molecule has 20 nitrogen and oxygen atoms in total. The number of quaternary nitrogens is 2. The summed E-state index contributed by atoms with van der Waals surface area (Å²) in [7, 11) is 0. The van der Waals surface area contributed by atoms with Gasteiger partial charge in [-0.15, -0.1) is 10.2 Å². The van der Waals surface area contributed by atoms with Crippen molar-refractivity contribution in [3.8, 4) is 23.0 Å². The van der Waals surface area contributed by atoms with Crippen LogP contribution in [0.25, 0.3) is 0 Å². The van der Waals surface area contributed by atoms with Crippen LogP contribution in [0, 0.1) is 47.0 Å². The summed E-state index contributed by atoms with van der Waals surface area (Å²) in [6, 6.07) is 20.6. The molecule has 0 spiro atoms. The monoisotopic (exact) mass is 1390 g/mol. The van der Waals surface area contributed by atoms with Crippen molar-refractivity contribution >= 4 is 23.5 Å². The van der Waals surface area contributed by atoms with Crippen molar-refractivity contribution < 1.29 is 66.0 Å². The van der Waals surface area contributed by atoms with E-state index >= 15 is 0 Å². The summed E-state index contributed by atoms with van der Waals surface area (Å²) in [4.78, 5) is 53.5. The number of hydrogen-bond acceptors (Lipinski definition) is 16. The van der Waals surface area contributed by atoms with Crippen molar-refractivity contribution in [2.75, 3.05) is 92.2 Å². The molecule has 4 unspecified atom stereocenters. The number of carbonyl (C=O) groups is 4. The number of hydrogen-bond donors (Lipinski definition) is 0. The Bertz CT molecular complexity index is 3370. The van der Waals surface area contributed by atoms with Crippen LogP contribution in [0.2, 0.25) is 0 Å². The molecule has 4 aromatic carbocycles. The molecule has 0 saturated carbocycles. The van der Waals surface area contributed by atoms with E-state index in [-0.39, 0.29) is 17.5 Å². The molecule has 2 aliphatic rings. The van der Waals surface area contributed by atoms with Gasteiger partial charge in [0.1, 0.15) is 25.2 Å². The van der Waals surface area contributed by atoms with Crippen LogP contribution in [0.15, 0.2) is 73.1 Å². The van der Waals surface area contributed by atoms with Gasteiger partial charge in [0.15, 0.2) is 34.6 Å². The first-order chi connectivity index (χ1) is 48.6. The minimum absolute atomic E-state index is 0.0856. The number of piperidine rings is 2. The minimum atomic E-state index is -0.405. The molecule has 20 heteroatoms. The van der Waals surface area contributed by atoms with Crippen LogP contribution in [0.5, 0.6) is 23.0 Å². The van der Waals surface area contributed by atoms with Gasteiger partial charge in [-0.05, 0) is 175 Å². The Kier molecular flexibility index (Phi) is 31.1. The molecule has 8 rings (SSSR count). The van der Waals surface area contributed by atoms with Crippen LogP contribution in [-0.2, 0) is 90.0 Å². The van der Waals surface area contributed by atoms with Gasteiger partial charge in [-0.25, -0.2) is 9.36 Å². The van der Waals surface area contributed by atoms with Gasteiger partial charge in [-0.2, -0.15) is 0 Å². The van der Waals surface area contributed by atoms with Crippen molar-refractivity contribution in [2.24, 2.45) is 5.41 Å². The van der Waals surface area contributed by atoms with Gasteiger partial charge in [-0.3, -0.25) is 19.2 Å². The zero-order chi connectivity index (χ0) is 72.4. The van der Waals surface area contributed by atoms with E-state index in [1.807, 2.05) is 38.4 Å². The molecule has 0 bridgehead atoms. The maximum atomic E-state index is 14.4. The van der Waals surface area contributed by atoms with Gasteiger partial charge >= 0.3 is 11.9 Å². The van der Waals surface area contributed by atoms with Crippen molar-refractivity contribution in [3.63, 3.8) is 0 Å². The molecule has 552 valence electrons. The number of benzene rings is 4. The summed E-state index contributed by atoms with van der Waals surface area (Å²) in [5, 5.41) is 17.5. The molecule has 2 fully saturated rings. The standard InChI is InChI=1S/C81H118N8O12/c1-13-15-35-88(37-19-17-31-73(88)75(92)51-71-59(3)25-21-26-60(71)4)55-67-47-63(7)79(100-65(9)90)77(49-67)98-39-23-29-69-53-86(84-82-69)33-41-94-43-45-96-57-81(11,12)58-97-46-44-95-42-34-87-54-70(83-85-87)30-24-40-99-78-50-68(48-64(8)80(78)101-66(10)91)56-89(36-16-14-2)38-20-18-32-74(89)76(93)52-72-61(5)27-22-28-62(72)6/h21-22,25-28,47-50,53-54,73-74H,13-20,23-24,29-46,51-52,55-58H2,1-12H3/q+2. The Morgan fingerprint density at radius 2 is 0.901 bits per heavy atom. The first-order valence-corrected chi connectivity index (χ1v) is 37.5. The summed E-state index contributed by atoms with van der Waals surface area (Å²) >= 11 is 0. The smallest absolute Gasteiger partial charge is 0.308 e. The van der Waals surface area contributed by atoms with Crippen LogP contribution >= 0.6 is 0 Å². The second kappa shape index (κ2) is 39.4. The third kappa shape index (κ3) is 23.9. The number of ether oxygens (including phenoxy) is 8. The minimum Gasteiger partial charge on any atom is -0.490 e. The molecule has 4 heterocycles. The zero-order valence-electron chi connectivity index (χ0n) is 63.1. The summed E-state index contributed by atoms with van der Waals surface area (Å²) < 4.78 is 53.2. The number of aryl methyl sites for hydroxylation is 8. The topological polar surface area (TPSA) is 204 Å². The van der Waals surface area contributed by atoms with Crippen molar-refractivity contribution in [1.82, 2.24) is 30.0 Å². The summed E-state index contributed by atoms with van der Waals surface area (Å²) in [5.41, 5.74) is 12.3. The van der Waals surface area contributed by atoms with Crippen molar-refractivity contribution in [3.05, 3.63) is 140 Å². The second-order valence-electron chi connectivity index (χ2n) is 29.4. The van der Waals surface area contributed by atoms with E-state index in [1.165, 1.54) is 36.1 Å². The number of ketones is 2. The molecule has 0 aliphatic carbocycles. The molecule has 0 N–H and O–H groups in total. The van der Waals surface area contributed by atoms with Gasteiger partial charge < -0.3 is 46.9 Å². The fourth-order valence-electron chi connectivity index (χ4n) is 15.0. The SMILES string of the molecule is CCCC[N+]1(Cc2cc(C)c(OC(C)=O)c(OCCCc3cn(CCOCCOCC(C)(C)COCCOCCn4cc(CCCOc5cc(C[N+]6(CCCC)CCCCC6C(=O)Cc6c(C)cccc6C)cc(C)c5OC(C)=O)nn4)nn3)c2)CCCCC1C(=O)Cc1c(C)cccc1C. The zero-order valence-corrected chi connectivity index (χ0v) is 63.1. The number of likely N-dealkylation sites (tertiary alicyclic amines) is 2. The van der Waals surface area contributed by atoms with Crippen LogP contribution in [0.3, 0.4) is 0 Å². The Labute approximate surface area is 601 Å². The van der Waals surface area contributed by atoms with Crippen molar-refractivity contribution in [2.45, 2.75) is 224 Å². The second-order valence-corrected chi connectivity index (χ2v) is 29.4. The molecular formula is C81H118N8O12+2. The lowest BCUT2D eigenvalue weighted by molar-refractivity contribution is -0.959. The summed E-state index contributed by atoms with van der Waals surface area (Å²) in [6.45, 7) is 34.7. The van der Waals surface area contributed by atoms with E-state index in [0.29, 0.717) is 165 Å². The normalized spacial score (nSPS) is 17.8. The Morgan fingerprint density at radius 1 is 0.505 bits per heavy atom. The lowest BCUT2D eigenvalue weighted by Gasteiger charge is -2.47. The van der Waals surface area contributed by atoms with E-state index in [2.05, 4.69) is 125 Å². The third-order valence-corrected chi connectivity index (χ3v) is 20.2. The Hall–Kier alpha value is -7.20. The molecule has 2 aliphatic heterocycles. The maximum absolute atomic E-state index is 14.4. The molecule has 6 aromatic rings. The highest BCUT2D eigenvalue weighted by molar-refractivity contribution is 5.86. The lowest BCUT2D eigenvalue weighted by Crippen LogP contribution is -2.61. The van der Waals surface area contributed by atoms with Crippen LogP contribution in [-0.4, -0.2) is 167 Å². The highest BCUT2D eigenvalue weighted by Crippen LogP contribution is 2.40. The number of aromatic nitrogens is 6. The van der Waals surface area contributed by atoms with Gasteiger partial charge in [0.25, 0.3) is 0 Å². The molecule has 101 heavy (non-hydrogen) atoms. The molecule has 4 atom stereocenters. The van der Waals surface area contributed by atoms with Gasteiger partial charge in [-0.1, -0.05) is 87.4 Å². The maximum Gasteiger partial charge on any atom is 0.308 e. The average molecular weight is 1400 g/mol. The van der Waals surface area contributed by atoms with Gasteiger partial charge in [0, 0.05) is 68.5 Å².